The number of thioether (sulfide) groups is 2. The Morgan fingerprint density at radius 1 is 0.529 bits per heavy atom. The van der Waals surface area contributed by atoms with Crippen molar-refractivity contribution >= 4 is 57.5 Å². The summed E-state index contributed by atoms with van der Waals surface area (Å²) < 4.78 is 0. The molecule has 0 aliphatic rings. The molecule has 4 rings (SSSR count). The van der Waals surface area contributed by atoms with Crippen LogP contribution >= 0.6 is 23.5 Å². The van der Waals surface area contributed by atoms with E-state index in [1.54, 1.807) is 23.5 Å². The van der Waals surface area contributed by atoms with E-state index in [1.807, 2.05) is 72.8 Å². The standard InChI is InChI=1S/C28H26N2O2S2/c31-27(19-33-17-21-9-3-1-4-10-21)29-25-15-7-14-24-23(25)13-8-16-26(24)30-28(32)20-34-18-22-11-5-2-6-12-22/h1-16H,17-20H2,(H,29,31)(H,30,32). The van der Waals surface area contributed by atoms with Gasteiger partial charge in [-0.05, 0) is 23.3 Å². The molecule has 2 amide bonds. The summed E-state index contributed by atoms with van der Waals surface area (Å²) in [6, 6.07) is 31.7. The Hall–Kier alpha value is -3.22. The van der Waals surface area contributed by atoms with Gasteiger partial charge in [-0.25, -0.2) is 0 Å². The number of amides is 2. The Morgan fingerprint density at radius 3 is 1.35 bits per heavy atom. The minimum Gasteiger partial charge on any atom is -0.325 e. The number of hydrogen-bond donors (Lipinski definition) is 2. The Balaban J connectivity index is 1.34. The van der Waals surface area contributed by atoms with E-state index in [0.29, 0.717) is 11.5 Å². The zero-order valence-electron chi connectivity index (χ0n) is 18.7. The highest BCUT2D eigenvalue weighted by molar-refractivity contribution is 7.99. The molecule has 6 heteroatoms. The number of hydrogen-bond acceptors (Lipinski definition) is 4. The molecule has 4 nitrogen and oxygen atoms in total. The number of anilines is 2. The lowest BCUT2D eigenvalue weighted by molar-refractivity contribution is -0.114. The third-order valence-corrected chi connectivity index (χ3v) is 7.17. The van der Waals surface area contributed by atoms with Gasteiger partial charge in [-0.2, -0.15) is 0 Å². The van der Waals surface area contributed by atoms with Crippen LogP contribution in [0.25, 0.3) is 10.8 Å². The third-order valence-electron chi connectivity index (χ3n) is 5.16. The van der Waals surface area contributed by atoms with Crippen molar-refractivity contribution in [2.24, 2.45) is 0 Å². The molecule has 0 saturated carbocycles. The van der Waals surface area contributed by atoms with E-state index in [9.17, 15) is 9.59 Å². The molecule has 0 heterocycles. The molecule has 0 unspecified atom stereocenters. The van der Waals surface area contributed by atoms with Gasteiger partial charge >= 0.3 is 0 Å². The molecule has 0 aromatic heterocycles. The van der Waals surface area contributed by atoms with Gasteiger partial charge < -0.3 is 10.6 Å². The maximum Gasteiger partial charge on any atom is 0.234 e. The number of benzene rings is 4. The van der Waals surface area contributed by atoms with Crippen molar-refractivity contribution in [2.45, 2.75) is 11.5 Å². The molecular weight excluding hydrogens is 460 g/mol. The molecule has 4 aromatic rings. The predicted molar refractivity (Wildman–Crippen MR) is 146 cm³/mol. The van der Waals surface area contributed by atoms with Gasteiger partial charge in [0.1, 0.15) is 0 Å². The molecule has 0 spiro atoms. The Labute approximate surface area is 208 Å². The summed E-state index contributed by atoms with van der Waals surface area (Å²) >= 11 is 3.17. The van der Waals surface area contributed by atoms with Gasteiger partial charge in [0.15, 0.2) is 0 Å². The summed E-state index contributed by atoms with van der Waals surface area (Å²) in [6.45, 7) is 0. The number of carbonyl (C=O) groups excluding carboxylic acids is 2. The molecule has 172 valence electrons. The molecule has 0 bridgehead atoms. The van der Waals surface area contributed by atoms with Crippen molar-refractivity contribution in [3.8, 4) is 0 Å². The van der Waals surface area contributed by atoms with E-state index < -0.39 is 0 Å². The zero-order chi connectivity index (χ0) is 23.6. The molecule has 0 aliphatic carbocycles. The van der Waals surface area contributed by atoms with Crippen molar-refractivity contribution in [1.29, 1.82) is 0 Å². The fourth-order valence-electron chi connectivity index (χ4n) is 3.57. The van der Waals surface area contributed by atoms with Crippen LogP contribution in [0.3, 0.4) is 0 Å². The molecule has 2 N–H and O–H groups in total. The molecular formula is C28H26N2O2S2. The average molecular weight is 487 g/mol. The first-order chi connectivity index (χ1) is 16.7. The Morgan fingerprint density at radius 2 is 0.941 bits per heavy atom. The molecule has 0 atom stereocenters. The number of rotatable bonds is 10. The molecule has 34 heavy (non-hydrogen) atoms. The Kier molecular flexibility index (Phi) is 8.65. The highest BCUT2D eigenvalue weighted by Crippen LogP contribution is 2.29. The minimum atomic E-state index is -0.0415. The quantitative estimate of drug-likeness (QED) is 0.266. The van der Waals surface area contributed by atoms with Crippen LogP contribution < -0.4 is 10.6 Å². The first kappa shape index (κ1) is 23.9. The topological polar surface area (TPSA) is 58.2 Å². The first-order valence-electron chi connectivity index (χ1n) is 11.0. The van der Waals surface area contributed by atoms with Gasteiger partial charge in [0.2, 0.25) is 11.8 Å². The van der Waals surface area contributed by atoms with Crippen LogP contribution in [0.15, 0.2) is 97.1 Å². The van der Waals surface area contributed by atoms with Crippen molar-refractivity contribution in [3.63, 3.8) is 0 Å². The van der Waals surface area contributed by atoms with Gasteiger partial charge in [-0.3, -0.25) is 9.59 Å². The lowest BCUT2D eigenvalue weighted by Crippen LogP contribution is -2.15. The van der Waals surface area contributed by atoms with Crippen LogP contribution in [0.5, 0.6) is 0 Å². The zero-order valence-corrected chi connectivity index (χ0v) is 20.3. The second-order valence-electron chi connectivity index (χ2n) is 7.76. The van der Waals surface area contributed by atoms with Crippen molar-refractivity contribution in [2.75, 3.05) is 22.1 Å². The summed E-state index contributed by atoms with van der Waals surface area (Å²) in [4.78, 5) is 25.1. The molecule has 0 fully saturated rings. The second-order valence-corrected chi connectivity index (χ2v) is 9.73. The molecule has 0 saturated heterocycles. The number of carbonyl (C=O) groups is 2. The van der Waals surface area contributed by atoms with Crippen molar-refractivity contribution in [3.05, 3.63) is 108 Å². The van der Waals surface area contributed by atoms with Crippen LogP contribution in [0.1, 0.15) is 11.1 Å². The second kappa shape index (κ2) is 12.3. The lowest BCUT2D eigenvalue weighted by atomic mass is 10.1. The van der Waals surface area contributed by atoms with Gasteiger partial charge in [0.25, 0.3) is 0 Å². The van der Waals surface area contributed by atoms with E-state index in [0.717, 1.165) is 33.7 Å². The smallest absolute Gasteiger partial charge is 0.234 e. The van der Waals surface area contributed by atoms with E-state index in [4.69, 9.17) is 0 Å². The van der Waals surface area contributed by atoms with Gasteiger partial charge in [-0.15, -0.1) is 23.5 Å². The van der Waals surface area contributed by atoms with E-state index in [-0.39, 0.29) is 11.8 Å². The van der Waals surface area contributed by atoms with Crippen molar-refractivity contribution in [1.82, 2.24) is 0 Å². The largest absolute Gasteiger partial charge is 0.325 e. The fraction of sp³-hybridized carbons (Fsp3) is 0.143. The summed E-state index contributed by atoms with van der Waals surface area (Å²) in [5.74, 6) is 2.26. The van der Waals surface area contributed by atoms with Crippen LogP contribution in [0.2, 0.25) is 0 Å². The maximum absolute atomic E-state index is 12.5. The monoisotopic (exact) mass is 486 g/mol. The maximum atomic E-state index is 12.5. The van der Waals surface area contributed by atoms with Gasteiger partial charge in [0.05, 0.1) is 11.5 Å². The van der Waals surface area contributed by atoms with E-state index in [1.165, 1.54) is 11.1 Å². The summed E-state index contributed by atoms with van der Waals surface area (Å²) in [5.41, 5.74) is 3.90. The molecule has 0 aliphatic heterocycles. The Bertz CT molecular complexity index is 1150. The first-order valence-corrected chi connectivity index (χ1v) is 13.3. The lowest BCUT2D eigenvalue weighted by Gasteiger charge is -2.13. The number of nitrogens with one attached hydrogen (secondary N) is 2. The highest BCUT2D eigenvalue weighted by atomic mass is 32.2. The van der Waals surface area contributed by atoms with Crippen LogP contribution in [0.4, 0.5) is 11.4 Å². The summed E-state index contributed by atoms with van der Waals surface area (Å²) in [7, 11) is 0. The molecule has 4 aromatic carbocycles. The van der Waals surface area contributed by atoms with Crippen LogP contribution in [-0.2, 0) is 21.1 Å². The minimum absolute atomic E-state index is 0.0415. The SMILES string of the molecule is O=C(CSCc1ccccc1)Nc1cccc2c(NC(=O)CSCc3ccccc3)cccc12. The fourth-order valence-corrected chi connectivity index (χ4v) is 5.15. The normalized spacial score (nSPS) is 10.7. The molecule has 0 radical (unpaired) electrons. The average Bonchev–Trinajstić information content (AvgIpc) is 2.86. The highest BCUT2D eigenvalue weighted by Gasteiger charge is 2.10. The summed E-state index contributed by atoms with van der Waals surface area (Å²) in [5, 5.41) is 7.86. The van der Waals surface area contributed by atoms with E-state index >= 15 is 0 Å². The van der Waals surface area contributed by atoms with Crippen LogP contribution in [-0.4, -0.2) is 23.3 Å². The van der Waals surface area contributed by atoms with Crippen molar-refractivity contribution < 1.29 is 9.59 Å². The summed E-state index contributed by atoms with van der Waals surface area (Å²) in [6.07, 6.45) is 0. The van der Waals surface area contributed by atoms with Gasteiger partial charge in [-0.1, -0.05) is 84.9 Å². The van der Waals surface area contributed by atoms with Gasteiger partial charge in [0, 0.05) is 33.7 Å². The van der Waals surface area contributed by atoms with Crippen LogP contribution in [0, 0.1) is 0 Å². The van der Waals surface area contributed by atoms with E-state index in [2.05, 4.69) is 34.9 Å². The predicted octanol–water partition coefficient (Wildman–Crippen LogP) is 6.58. The third kappa shape index (κ3) is 6.89. The number of fused-ring (bicyclic) bond motifs is 1.